The largest absolute Gasteiger partial charge is 0.486 e. The summed E-state index contributed by atoms with van der Waals surface area (Å²) < 4.78 is 25.1. The number of esters is 1. The van der Waals surface area contributed by atoms with Crippen molar-refractivity contribution in [3.05, 3.63) is 36.2 Å². The van der Waals surface area contributed by atoms with Gasteiger partial charge in [0.2, 0.25) is 0 Å². The highest BCUT2D eigenvalue weighted by molar-refractivity contribution is 5.75. The number of rotatable bonds is 6. The van der Waals surface area contributed by atoms with Gasteiger partial charge in [-0.25, -0.2) is 4.39 Å². The second kappa shape index (κ2) is 10.9. The Kier molecular flexibility index (Phi) is 7.91. The molecule has 4 rings (SSSR count). The molecule has 0 amide bonds. The van der Waals surface area contributed by atoms with Crippen LogP contribution in [0, 0.1) is 41.3 Å². The molecule has 4 unspecified atom stereocenters. The molecule has 0 bridgehead atoms. The number of benzene rings is 1. The predicted octanol–water partition coefficient (Wildman–Crippen LogP) is 7.34. The fourth-order valence-electron chi connectivity index (χ4n) is 6.51. The second-order valence-corrected chi connectivity index (χ2v) is 10.5. The Morgan fingerprint density at radius 3 is 2.34 bits per heavy atom. The van der Waals surface area contributed by atoms with Gasteiger partial charge in [0, 0.05) is 6.07 Å². The van der Waals surface area contributed by atoms with Gasteiger partial charge < -0.3 is 9.47 Å². The Morgan fingerprint density at radius 1 is 0.969 bits per heavy atom. The van der Waals surface area contributed by atoms with Crippen LogP contribution in [0.3, 0.4) is 0 Å². The summed E-state index contributed by atoms with van der Waals surface area (Å²) >= 11 is 0. The molecule has 4 heteroatoms. The third-order valence-corrected chi connectivity index (χ3v) is 8.38. The first kappa shape index (κ1) is 23.3. The summed E-state index contributed by atoms with van der Waals surface area (Å²) in [5, 5.41) is 0. The average molecular weight is 443 g/mol. The Bertz CT molecular complexity index is 796. The zero-order chi connectivity index (χ0) is 22.5. The van der Waals surface area contributed by atoms with Gasteiger partial charge in [-0.3, -0.25) is 4.79 Å². The number of hydrogen-bond donors (Lipinski definition) is 0. The first-order valence-corrected chi connectivity index (χ1v) is 12.8. The van der Waals surface area contributed by atoms with E-state index < -0.39 is 5.82 Å². The number of halogens is 1. The van der Waals surface area contributed by atoms with Gasteiger partial charge in [-0.05, 0) is 106 Å². The number of allylic oxidation sites excluding steroid dienone is 1. The summed E-state index contributed by atoms with van der Waals surface area (Å²) in [5.41, 5.74) is 0. The topological polar surface area (TPSA) is 35.5 Å². The van der Waals surface area contributed by atoms with Crippen molar-refractivity contribution in [2.24, 2.45) is 35.5 Å². The summed E-state index contributed by atoms with van der Waals surface area (Å²) in [5.74, 6) is 4.12. The lowest BCUT2D eigenvalue weighted by molar-refractivity contribution is -0.140. The molecule has 3 fully saturated rings. The molecule has 0 aromatic heterocycles. The van der Waals surface area contributed by atoms with Gasteiger partial charge in [-0.2, -0.15) is 0 Å². The van der Waals surface area contributed by atoms with Crippen molar-refractivity contribution in [1.82, 2.24) is 0 Å². The van der Waals surface area contributed by atoms with Crippen molar-refractivity contribution >= 4 is 5.97 Å². The normalized spacial score (nSPS) is 33.0. The molecule has 0 radical (unpaired) electrons. The Hall–Kier alpha value is -1.84. The van der Waals surface area contributed by atoms with E-state index in [0.29, 0.717) is 6.61 Å². The van der Waals surface area contributed by atoms with Crippen molar-refractivity contribution in [3.63, 3.8) is 0 Å². The van der Waals surface area contributed by atoms with Gasteiger partial charge in [0.25, 0.3) is 0 Å². The minimum atomic E-state index is -0.503. The van der Waals surface area contributed by atoms with Gasteiger partial charge in [0.05, 0.1) is 5.92 Å². The van der Waals surface area contributed by atoms with Crippen molar-refractivity contribution in [2.75, 3.05) is 6.61 Å². The molecular formula is C28H39FO3. The lowest BCUT2D eigenvalue weighted by Crippen LogP contribution is -2.35. The number of carbonyl (C=O) groups is 1. The monoisotopic (exact) mass is 442 g/mol. The minimum absolute atomic E-state index is 0.0631. The van der Waals surface area contributed by atoms with Crippen molar-refractivity contribution in [2.45, 2.75) is 78.1 Å². The number of ether oxygens (including phenoxy) is 2. The van der Waals surface area contributed by atoms with Crippen LogP contribution in [-0.4, -0.2) is 12.6 Å². The quantitative estimate of drug-likeness (QED) is 0.262. The summed E-state index contributed by atoms with van der Waals surface area (Å²) in [6.45, 7) is 4.62. The maximum atomic E-state index is 14.2. The van der Waals surface area contributed by atoms with E-state index in [0.717, 1.165) is 55.3 Å². The summed E-state index contributed by atoms with van der Waals surface area (Å²) in [6.07, 6.45) is 16.2. The van der Waals surface area contributed by atoms with Crippen molar-refractivity contribution < 1.29 is 18.7 Å². The molecule has 0 heterocycles. The third kappa shape index (κ3) is 5.74. The fraction of sp³-hybridized carbons (Fsp3) is 0.679. The zero-order valence-electron chi connectivity index (χ0n) is 19.7. The molecule has 176 valence electrons. The van der Waals surface area contributed by atoms with Crippen LogP contribution in [0.15, 0.2) is 30.4 Å². The smallest absolute Gasteiger partial charge is 0.314 e. The summed E-state index contributed by atoms with van der Waals surface area (Å²) in [7, 11) is 0. The first-order chi connectivity index (χ1) is 15.5. The molecule has 3 aliphatic rings. The number of fused-ring (bicyclic) bond motifs is 1. The predicted molar refractivity (Wildman–Crippen MR) is 125 cm³/mol. The Morgan fingerprint density at radius 2 is 1.62 bits per heavy atom. The molecule has 1 aromatic carbocycles. The SMILES string of the molecule is C/C=C/COc1ccc(OC(=O)C2CCC(C3CCC4CC(C)CCC4C3)CC2)cc1F. The third-order valence-electron chi connectivity index (χ3n) is 8.38. The van der Waals surface area contributed by atoms with Crippen LogP contribution >= 0.6 is 0 Å². The van der Waals surface area contributed by atoms with E-state index in [1.165, 1.54) is 50.7 Å². The maximum Gasteiger partial charge on any atom is 0.314 e. The lowest BCUT2D eigenvalue weighted by Gasteiger charge is -2.44. The highest BCUT2D eigenvalue weighted by Crippen LogP contribution is 2.49. The van der Waals surface area contributed by atoms with E-state index >= 15 is 0 Å². The molecule has 32 heavy (non-hydrogen) atoms. The molecule has 0 aliphatic heterocycles. The van der Waals surface area contributed by atoms with E-state index in [4.69, 9.17) is 9.47 Å². The molecule has 3 nitrogen and oxygen atoms in total. The first-order valence-electron chi connectivity index (χ1n) is 12.8. The van der Waals surface area contributed by atoms with Crippen LogP contribution < -0.4 is 9.47 Å². The molecule has 3 saturated carbocycles. The van der Waals surface area contributed by atoms with Crippen molar-refractivity contribution in [3.8, 4) is 11.5 Å². The van der Waals surface area contributed by atoms with E-state index in [9.17, 15) is 9.18 Å². The standard InChI is InChI=1S/C28H39FO3/c1-3-4-15-31-27-14-13-25(18-26(27)29)32-28(30)21-9-7-20(8-10-21)23-12-11-22-16-19(2)5-6-24(22)17-23/h3-4,13-14,18-24H,5-12,15-17H2,1-2H3/b4-3+. The molecule has 0 saturated heterocycles. The Labute approximate surface area is 192 Å². The van der Waals surface area contributed by atoms with E-state index in [1.54, 1.807) is 6.07 Å². The van der Waals surface area contributed by atoms with Gasteiger partial charge in [-0.1, -0.05) is 25.5 Å². The molecule has 1 aromatic rings. The van der Waals surface area contributed by atoms with E-state index in [2.05, 4.69) is 6.92 Å². The van der Waals surface area contributed by atoms with Crippen LogP contribution in [0.1, 0.15) is 78.1 Å². The van der Waals surface area contributed by atoms with Crippen LogP contribution in [0.2, 0.25) is 0 Å². The number of hydrogen-bond acceptors (Lipinski definition) is 3. The van der Waals surface area contributed by atoms with Gasteiger partial charge in [0.1, 0.15) is 12.4 Å². The fourth-order valence-corrected chi connectivity index (χ4v) is 6.51. The molecular weight excluding hydrogens is 403 g/mol. The van der Waals surface area contributed by atoms with Gasteiger partial charge in [-0.15, -0.1) is 0 Å². The minimum Gasteiger partial charge on any atom is -0.486 e. The van der Waals surface area contributed by atoms with Gasteiger partial charge >= 0.3 is 5.97 Å². The van der Waals surface area contributed by atoms with Crippen molar-refractivity contribution in [1.29, 1.82) is 0 Å². The number of carbonyl (C=O) groups excluding carboxylic acids is 1. The van der Waals surface area contributed by atoms with Crippen LogP contribution in [0.25, 0.3) is 0 Å². The molecule has 4 atom stereocenters. The zero-order valence-corrected chi connectivity index (χ0v) is 19.7. The lowest BCUT2D eigenvalue weighted by atomic mass is 9.61. The maximum absolute atomic E-state index is 14.2. The molecule has 3 aliphatic carbocycles. The second-order valence-electron chi connectivity index (χ2n) is 10.5. The average Bonchev–Trinajstić information content (AvgIpc) is 2.80. The van der Waals surface area contributed by atoms with E-state index in [1.807, 2.05) is 19.1 Å². The summed E-state index contributed by atoms with van der Waals surface area (Å²) in [6, 6.07) is 4.39. The molecule has 0 spiro atoms. The van der Waals surface area contributed by atoms with Crippen LogP contribution in [-0.2, 0) is 4.79 Å². The summed E-state index contributed by atoms with van der Waals surface area (Å²) in [4.78, 5) is 12.7. The van der Waals surface area contributed by atoms with Crippen LogP contribution in [0.5, 0.6) is 11.5 Å². The Balaban J connectivity index is 1.24. The van der Waals surface area contributed by atoms with Gasteiger partial charge in [0.15, 0.2) is 11.6 Å². The highest BCUT2D eigenvalue weighted by Gasteiger charge is 2.39. The molecule has 0 N–H and O–H groups in total. The van der Waals surface area contributed by atoms with Crippen LogP contribution in [0.4, 0.5) is 4.39 Å². The highest BCUT2D eigenvalue weighted by atomic mass is 19.1. The van der Waals surface area contributed by atoms with E-state index in [-0.39, 0.29) is 23.4 Å².